The Hall–Kier alpha value is -2.93. The second kappa shape index (κ2) is 6.31. The Morgan fingerprint density at radius 3 is 2.89 bits per heavy atom. The van der Waals surface area contributed by atoms with Crippen molar-refractivity contribution in [3.63, 3.8) is 0 Å². The Labute approximate surface area is 164 Å². The molecule has 0 saturated heterocycles. The lowest BCUT2D eigenvalue weighted by molar-refractivity contribution is -0.117. The molecule has 1 saturated carbocycles. The van der Waals surface area contributed by atoms with Crippen LogP contribution in [-0.2, 0) is 11.8 Å². The smallest absolute Gasteiger partial charge is 0.231 e. The maximum Gasteiger partial charge on any atom is 0.231 e. The fraction of sp³-hybridized carbons (Fsp3) is 0.238. The number of pyridine rings is 1. The van der Waals surface area contributed by atoms with Crippen molar-refractivity contribution in [2.24, 2.45) is 13.0 Å². The molecule has 1 aliphatic rings. The monoisotopic (exact) mass is 395 g/mol. The van der Waals surface area contributed by atoms with E-state index in [0.29, 0.717) is 12.2 Å². The van der Waals surface area contributed by atoms with Gasteiger partial charge in [0.25, 0.3) is 0 Å². The Morgan fingerprint density at radius 2 is 2.14 bits per heavy atom. The lowest BCUT2D eigenvalue weighted by Gasteiger charge is -2.10. The molecule has 0 radical (unpaired) electrons. The number of fused-ring (bicyclic) bond motifs is 2. The number of amides is 1. The topological polar surface area (TPSA) is 56.1 Å². The normalized spacial score (nSPS) is 18.5. The number of hydrogen-bond donors (Lipinski definition) is 1. The van der Waals surface area contributed by atoms with Crippen molar-refractivity contribution in [2.75, 3.05) is 12.4 Å². The highest BCUT2D eigenvalue weighted by molar-refractivity contribution is 7.17. The van der Waals surface area contributed by atoms with E-state index in [1.807, 2.05) is 19.2 Å². The predicted octanol–water partition coefficient (Wildman–Crippen LogP) is 4.76. The van der Waals surface area contributed by atoms with Crippen LogP contribution in [0.5, 0.6) is 5.75 Å². The number of carbonyl (C=O) groups is 1. The zero-order valence-corrected chi connectivity index (χ0v) is 16.2. The van der Waals surface area contributed by atoms with Crippen LogP contribution < -0.4 is 10.1 Å². The van der Waals surface area contributed by atoms with Crippen LogP contribution in [0, 0.1) is 5.92 Å². The van der Waals surface area contributed by atoms with Gasteiger partial charge in [0, 0.05) is 22.7 Å². The number of halogens is 1. The summed E-state index contributed by atoms with van der Waals surface area (Å²) in [5.41, 5.74) is 2.94. The number of methoxy groups -OCH3 is 1. The van der Waals surface area contributed by atoms with E-state index in [1.165, 1.54) is 4.70 Å². The average molecular weight is 395 g/mol. The zero-order valence-electron chi connectivity index (χ0n) is 15.4. The Bertz CT molecular complexity index is 1230. The molecule has 142 valence electrons. The minimum atomic E-state index is -1.02. The number of hydrogen-bond acceptors (Lipinski definition) is 4. The molecule has 2 atom stereocenters. The van der Waals surface area contributed by atoms with Gasteiger partial charge in [-0.1, -0.05) is 0 Å². The minimum Gasteiger partial charge on any atom is -0.496 e. The number of rotatable bonds is 4. The van der Waals surface area contributed by atoms with Crippen LogP contribution in [-0.4, -0.2) is 28.7 Å². The summed E-state index contributed by atoms with van der Waals surface area (Å²) in [5.74, 6) is 0.404. The number of nitrogens with zero attached hydrogens (tertiary/aromatic N) is 2. The first-order chi connectivity index (χ1) is 13.5. The van der Waals surface area contributed by atoms with Gasteiger partial charge in [0.1, 0.15) is 17.7 Å². The predicted molar refractivity (Wildman–Crippen MR) is 110 cm³/mol. The van der Waals surface area contributed by atoms with Crippen LogP contribution in [0.3, 0.4) is 0 Å². The van der Waals surface area contributed by atoms with Crippen LogP contribution in [0.15, 0.2) is 41.9 Å². The number of ether oxygens (including phenoxy) is 1. The van der Waals surface area contributed by atoms with Crippen LogP contribution in [0.1, 0.15) is 6.42 Å². The third-order valence-corrected chi connectivity index (χ3v) is 6.16. The highest BCUT2D eigenvalue weighted by Crippen LogP contribution is 2.39. The van der Waals surface area contributed by atoms with Gasteiger partial charge in [-0.3, -0.25) is 4.79 Å². The second-order valence-electron chi connectivity index (χ2n) is 7.08. The van der Waals surface area contributed by atoms with E-state index < -0.39 is 12.1 Å². The molecule has 3 heterocycles. The number of carbonyl (C=O) groups excluding carboxylic acids is 1. The number of aryl methyl sites for hydroxylation is 1. The van der Waals surface area contributed by atoms with E-state index in [2.05, 4.69) is 38.4 Å². The van der Waals surface area contributed by atoms with Crippen LogP contribution in [0.25, 0.3) is 32.2 Å². The molecule has 1 aromatic carbocycles. The average Bonchev–Trinajstić information content (AvgIpc) is 3.11. The molecule has 5 nitrogen and oxygen atoms in total. The van der Waals surface area contributed by atoms with Crippen molar-refractivity contribution in [1.82, 2.24) is 9.55 Å². The molecule has 1 amide bonds. The number of benzene rings is 1. The van der Waals surface area contributed by atoms with Crippen molar-refractivity contribution in [3.8, 4) is 17.0 Å². The van der Waals surface area contributed by atoms with E-state index >= 15 is 0 Å². The molecule has 7 heteroatoms. The highest BCUT2D eigenvalue weighted by Gasteiger charge is 2.43. The Kier molecular flexibility index (Phi) is 3.87. The standard InChI is InChI=1S/C21H18FN3O2S/c1-25-16(14-9-19-11(3-4-28-19)6-18(14)27-2)5-12-7-20(23-10-17(12)25)24-21(26)13-8-15(13)22/h3-7,9-10,13,15H,8H2,1-2H3,(H,23,24,26). The molecule has 2 unspecified atom stereocenters. The highest BCUT2D eigenvalue weighted by atomic mass is 32.1. The molecule has 1 aliphatic carbocycles. The van der Waals surface area contributed by atoms with Gasteiger partial charge in [0.15, 0.2) is 0 Å². The first-order valence-electron chi connectivity index (χ1n) is 9.01. The zero-order chi connectivity index (χ0) is 19.4. The third kappa shape index (κ3) is 2.74. The van der Waals surface area contributed by atoms with E-state index in [-0.39, 0.29) is 5.91 Å². The summed E-state index contributed by atoms with van der Waals surface area (Å²) in [6, 6.07) is 10.1. The quantitative estimate of drug-likeness (QED) is 0.542. The lowest BCUT2D eigenvalue weighted by atomic mass is 10.1. The van der Waals surface area contributed by atoms with Gasteiger partial charge >= 0.3 is 0 Å². The molecule has 0 aliphatic heterocycles. The van der Waals surface area contributed by atoms with E-state index in [0.717, 1.165) is 33.3 Å². The summed E-state index contributed by atoms with van der Waals surface area (Å²) < 4.78 is 22.0. The summed E-state index contributed by atoms with van der Waals surface area (Å²) >= 11 is 1.69. The van der Waals surface area contributed by atoms with Crippen LogP contribution >= 0.6 is 11.3 Å². The van der Waals surface area contributed by atoms with Crippen LogP contribution in [0.4, 0.5) is 10.2 Å². The molecule has 3 aromatic heterocycles. The summed E-state index contributed by atoms with van der Waals surface area (Å²) in [6.45, 7) is 0. The van der Waals surface area contributed by atoms with Gasteiger partial charge in [-0.25, -0.2) is 9.37 Å². The number of aromatic nitrogens is 2. The fourth-order valence-electron chi connectivity index (χ4n) is 3.57. The molecule has 28 heavy (non-hydrogen) atoms. The summed E-state index contributed by atoms with van der Waals surface area (Å²) in [6.07, 6.45) is 1.01. The van der Waals surface area contributed by atoms with E-state index in [4.69, 9.17) is 4.74 Å². The SMILES string of the molecule is COc1cc2ccsc2cc1-c1cc2cc(NC(=O)C3CC3F)ncc2n1C. The van der Waals surface area contributed by atoms with Crippen molar-refractivity contribution in [3.05, 3.63) is 41.9 Å². The van der Waals surface area contributed by atoms with Crippen molar-refractivity contribution >= 4 is 44.1 Å². The fourth-order valence-corrected chi connectivity index (χ4v) is 4.38. The molecular formula is C21H18FN3O2S. The summed E-state index contributed by atoms with van der Waals surface area (Å²) in [4.78, 5) is 16.3. The van der Waals surface area contributed by atoms with Gasteiger partial charge in [-0.15, -0.1) is 11.3 Å². The van der Waals surface area contributed by atoms with E-state index in [1.54, 1.807) is 24.6 Å². The first kappa shape index (κ1) is 17.2. The molecule has 1 N–H and O–H groups in total. The maximum absolute atomic E-state index is 13.1. The van der Waals surface area contributed by atoms with Crippen molar-refractivity contribution in [2.45, 2.75) is 12.6 Å². The van der Waals surface area contributed by atoms with Crippen molar-refractivity contribution in [1.29, 1.82) is 0 Å². The van der Waals surface area contributed by atoms with Gasteiger partial charge in [0.05, 0.1) is 30.4 Å². The molecule has 1 fully saturated rings. The maximum atomic E-state index is 13.1. The summed E-state index contributed by atoms with van der Waals surface area (Å²) in [5, 5.41) is 6.88. The van der Waals surface area contributed by atoms with Crippen molar-refractivity contribution < 1.29 is 13.9 Å². The molecule has 0 bridgehead atoms. The van der Waals surface area contributed by atoms with Crippen LogP contribution in [0.2, 0.25) is 0 Å². The molecular weight excluding hydrogens is 377 g/mol. The number of alkyl halides is 1. The van der Waals surface area contributed by atoms with Gasteiger partial charge in [0.2, 0.25) is 5.91 Å². The number of anilines is 1. The summed E-state index contributed by atoms with van der Waals surface area (Å²) in [7, 11) is 3.65. The molecule has 5 rings (SSSR count). The minimum absolute atomic E-state index is 0.300. The Balaban J connectivity index is 1.57. The second-order valence-corrected chi connectivity index (χ2v) is 8.02. The molecule has 4 aromatic rings. The largest absolute Gasteiger partial charge is 0.496 e. The first-order valence-corrected chi connectivity index (χ1v) is 9.89. The van der Waals surface area contributed by atoms with Gasteiger partial charge in [-0.2, -0.15) is 0 Å². The van der Waals surface area contributed by atoms with Gasteiger partial charge in [-0.05, 0) is 47.5 Å². The molecule has 0 spiro atoms. The number of nitrogens with one attached hydrogen (secondary N) is 1. The van der Waals surface area contributed by atoms with Gasteiger partial charge < -0.3 is 14.6 Å². The Morgan fingerprint density at radius 1 is 1.32 bits per heavy atom. The lowest BCUT2D eigenvalue weighted by Crippen LogP contribution is -2.15. The third-order valence-electron chi connectivity index (χ3n) is 5.28. The number of thiophene rings is 1. The van der Waals surface area contributed by atoms with E-state index in [9.17, 15) is 9.18 Å².